The third kappa shape index (κ3) is 4.61. The molecule has 0 aromatic carbocycles. The van der Waals surface area contributed by atoms with Gasteiger partial charge in [0.2, 0.25) is 11.8 Å². The van der Waals surface area contributed by atoms with Crippen LogP contribution in [-0.2, 0) is 9.59 Å². The van der Waals surface area contributed by atoms with Gasteiger partial charge < -0.3 is 5.73 Å². The van der Waals surface area contributed by atoms with E-state index in [1.54, 1.807) is 5.48 Å². The van der Waals surface area contributed by atoms with Crippen molar-refractivity contribution in [2.24, 2.45) is 23.5 Å². The summed E-state index contributed by atoms with van der Waals surface area (Å²) >= 11 is 0. The maximum atomic E-state index is 11.5. The second-order valence-electron chi connectivity index (χ2n) is 4.51. The Morgan fingerprint density at radius 2 is 1.88 bits per heavy atom. The quantitative estimate of drug-likeness (QED) is 0.451. The van der Waals surface area contributed by atoms with Gasteiger partial charge in [0.1, 0.15) is 0 Å². The summed E-state index contributed by atoms with van der Waals surface area (Å²) in [6.07, 6.45) is 1.88. The Bertz CT molecular complexity index is 241. The van der Waals surface area contributed by atoms with E-state index in [0.29, 0.717) is 12.8 Å². The zero-order valence-corrected chi connectivity index (χ0v) is 10.2. The number of hydroxylamine groups is 1. The number of nitrogens with one attached hydrogen (secondary N) is 1. The van der Waals surface area contributed by atoms with Crippen LogP contribution in [0.4, 0.5) is 0 Å². The molecule has 5 nitrogen and oxygen atoms in total. The van der Waals surface area contributed by atoms with Crippen molar-refractivity contribution in [3.8, 4) is 0 Å². The molecule has 0 heterocycles. The molecular weight excluding hydrogens is 208 g/mol. The Balaban J connectivity index is 4.78. The second-order valence-corrected chi connectivity index (χ2v) is 4.51. The predicted molar refractivity (Wildman–Crippen MR) is 60.5 cm³/mol. The molecule has 94 valence electrons. The first kappa shape index (κ1) is 14.9. The normalized spacial score (nSPS) is 14.6. The Morgan fingerprint density at radius 1 is 1.31 bits per heavy atom. The first-order valence-electron chi connectivity index (χ1n) is 5.67. The van der Waals surface area contributed by atoms with Crippen LogP contribution in [0.25, 0.3) is 0 Å². The van der Waals surface area contributed by atoms with Gasteiger partial charge in [0.05, 0.1) is 5.92 Å². The molecule has 0 radical (unpaired) electrons. The molecule has 0 bridgehead atoms. The van der Waals surface area contributed by atoms with Gasteiger partial charge in [-0.1, -0.05) is 27.2 Å². The summed E-state index contributed by atoms with van der Waals surface area (Å²) in [6.45, 7) is 5.86. The molecule has 0 aliphatic rings. The van der Waals surface area contributed by atoms with E-state index in [9.17, 15) is 9.59 Å². The number of nitrogens with two attached hydrogens (primary N) is 1. The molecule has 16 heavy (non-hydrogen) atoms. The minimum atomic E-state index is -0.533. The van der Waals surface area contributed by atoms with Gasteiger partial charge in [-0.05, 0) is 18.8 Å². The van der Waals surface area contributed by atoms with E-state index in [2.05, 4.69) is 0 Å². The van der Waals surface area contributed by atoms with Gasteiger partial charge in [-0.15, -0.1) is 0 Å². The van der Waals surface area contributed by atoms with Gasteiger partial charge in [0.15, 0.2) is 0 Å². The number of primary amides is 1. The number of rotatable bonds is 7. The second kappa shape index (κ2) is 7.22. The third-order valence-corrected chi connectivity index (χ3v) is 2.62. The van der Waals surface area contributed by atoms with E-state index in [1.165, 1.54) is 0 Å². The van der Waals surface area contributed by atoms with E-state index < -0.39 is 23.7 Å². The molecule has 0 spiro atoms. The van der Waals surface area contributed by atoms with Crippen molar-refractivity contribution in [3.05, 3.63) is 0 Å². The highest BCUT2D eigenvalue weighted by atomic mass is 16.5. The van der Waals surface area contributed by atoms with Crippen molar-refractivity contribution in [2.75, 3.05) is 0 Å². The molecule has 0 fully saturated rings. The Hall–Kier alpha value is -1.10. The topological polar surface area (TPSA) is 92.4 Å². The predicted octanol–water partition coefficient (Wildman–Crippen LogP) is 1.06. The highest BCUT2D eigenvalue weighted by molar-refractivity contribution is 5.86. The molecular formula is C11H22N2O3. The summed E-state index contributed by atoms with van der Waals surface area (Å²) in [7, 11) is 0. The molecule has 0 aromatic rings. The fraction of sp³-hybridized carbons (Fsp3) is 0.818. The van der Waals surface area contributed by atoms with E-state index >= 15 is 0 Å². The molecule has 0 aromatic heterocycles. The average Bonchev–Trinajstić information content (AvgIpc) is 2.21. The van der Waals surface area contributed by atoms with Crippen LogP contribution in [0.5, 0.6) is 0 Å². The summed E-state index contributed by atoms with van der Waals surface area (Å²) in [6, 6.07) is 0. The zero-order chi connectivity index (χ0) is 12.7. The highest BCUT2D eigenvalue weighted by Crippen LogP contribution is 2.24. The molecule has 4 N–H and O–H groups in total. The lowest BCUT2D eigenvalue weighted by atomic mass is 9.82. The van der Waals surface area contributed by atoms with Crippen LogP contribution in [0.2, 0.25) is 0 Å². The SMILES string of the molecule is CCC[C@H](C(=O)NO)[C@@H](CC(C)C)C(N)=O. The van der Waals surface area contributed by atoms with Gasteiger partial charge in [-0.3, -0.25) is 14.8 Å². The number of hydrogen-bond donors (Lipinski definition) is 3. The molecule has 0 aliphatic carbocycles. The van der Waals surface area contributed by atoms with Crippen molar-refractivity contribution < 1.29 is 14.8 Å². The van der Waals surface area contributed by atoms with Crippen molar-refractivity contribution in [3.63, 3.8) is 0 Å². The van der Waals surface area contributed by atoms with Crippen molar-refractivity contribution >= 4 is 11.8 Å². The van der Waals surface area contributed by atoms with Crippen LogP contribution in [0.15, 0.2) is 0 Å². The van der Waals surface area contributed by atoms with Crippen molar-refractivity contribution in [2.45, 2.75) is 40.0 Å². The van der Waals surface area contributed by atoms with Crippen LogP contribution < -0.4 is 11.2 Å². The highest BCUT2D eigenvalue weighted by Gasteiger charge is 2.31. The van der Waals surface area contributed by atoms with Gasteiger partial charge >= 0.3 is 0 Å². The van der Waals surface area contributed by atoms with Crippen LogP contribution in [0.3, 0.4) is 0 Å². The van der Waals surface area contributed by atoms with Gasteiger partial charge in [-0.25, -0.2) is 5.48 Å². The first-order chi connectivity index (χ1) is 7.43. The number of amides is 2. The molecule has 0 aliphatic heterocycles. The molecule has 2 amide bonds. The zero-order valence-electron chi connectivity index (χ0n) is 10.2. The summed E-state index contributed by atoms with van der Waals surface area (Å²) in [5.74, 6) is -1.76. The monoisotopic (exact) mass is 230 g/mol. The van der Waals surface area contributed by atoms with E-state index in [4.69, 9.17) is 10.9 Å². The summed E-state index contributed by atoms with van der Waals surface area (Å²) in [4.78, 5) is 22.8. The molecule has 0 rings (SSSR count). The minimum Gasteiger partial charge on any atom is -0.369 e. The summed E-state index contributed by atoms with van der Waals surface area (Å²) in [5, 5.41) is 8.64. The largest absolute Gasteiger partial charge is 0.369 e. The average molecular weight is 230 g/mol. The first-order valence-corrected chi connectivity index (χ1v) is 5.67. The minimum absolute atomic E-state index is 0.281. The number of hydrogen-bond acceptors (Lipinski definition) is 3. The lowest BCUT2D eigenvalue weighted by Crippen LogP contribution is -2.40. The van der Waals surface area contributed by atoms with E-state index in [1.807, 2.05) is 20.8 Å². The lowest BCUT2D eigenvalue weighted by molar-refractivity contribution is -0.140. The number of carbonyl (C=O) groups is 2. The van der Waals surface area contributed by atoms with E-state index in [0.717, 1.165) is 6.42 Å². The van der Waals surface area contributed by atoms with Crippen LogP contribution in [-0.4, -0.2) is 17.0 Å². The van der Waals surface area contributed by atoms with Gasteiger partial charge in [0.25, 0.3) is 0 Å². The molecule has 0 saturated carbocycles. The maximum Gasteiger partial charge on any atom is 0.247 e. The Kier molecular flexibility index (Phi) is 6.72. The molecule has 2 atom stereocenters. The Labute approximate surface area is 96.3 Å². The fourth-order valence-electron chi connectivity index (χ4n) is 1.90. The smallest absolute Gasteiger partial charge is 0.247 e. The maximum absolute atomic E-state index is 11.5. The third-order valence-electron chi connectivity index (χ3n) is 2.62. The Morgan fingerprint density at radius 3 is 2.19 bits per heavy atom. The fourth-order valence-corrected chi connectivity index (χ4v) is 1.90. The molecule has 5 heteroatoms. The van der Waals surface area contributed by atoms with Crippen molar-refractivity contribution in [1.29, 1.82) is 0 Å². The van der Waals surface area contributed by atoms with Crippen LogP contribution >= 0.6 is 0 Å². The number of carbonyl (C=O) groups excluding carboxylic acids is 2. The van der Waals surface area contributed by atoms with Crippen LogP contribution in [0.1, 0.15) is 40.0 Å². The summed E-state index contributed by atoms with van der Waals surface area (Å²) < 4.78 is 0. The van der Waals surface area contributed by atoms with Gasteiger partial charge in [-0.2, -0.15) is 0 Å². The molecule has 0 saturated heterocycles. The van der Waals surface area contributed by atoms with Crippen molar-refractivity contribution in [1.82, 2.24) is 5.48 Å². The lowest BCUT2D eigenvalue weighted by Gasteiger charge is -2.23. The van der Waals surface area contributed by atoms with E-state index in [-0.39, 0.29) is 5.92 Å². The summed E-state index contributed by atoms with van der Waals surface area (Å²) in [5.41, 5.74) is 6.92. The van der Waals surface area contributed by atoms with Gasteiger partial charge in [0, 0.05) is 5.92 Å². The standard InChI is InChI=1S/C11H22N2O3/c1-4-5-8(11(15)13-16)9(10(12)14)6-7(2)3/h7-9,16H,4-6H2,1-3H3,(H2,12,14)(H,13,15)/t8-,9+/m0/s1. The van der Waals surface area contributed by atoms with Crippen LogP contribution in [0, 0.1) is 17.8 Å². The molecule has 0 unspecified atom stereocenters.